The van der Waals surface area contributed by atoms with E-state index in [4.69, 9.17) is 9.47 Å². The van der Waals surface area contributed by atoms with E-state index < -0.39 is 6.04 Å². The molecule has 0 aliphatic carbocycles. The van der Waals surface area contributed by atoms with Crippen LogP contribution in [0.2, 0.25) is 0 Å². The van der Waals surface area contributed by atoms with Crippen molar-refractivity contribution >= 4 is 11.6 Å². The molecule has 0 aliphatic heterocycles. The topological polar surface area (TPSA) is 77.4 Å². The second-order valence-corrected chi connectivity index (χ2v) is 5.18. The van der Waals surface area contributed by atoms with Crippen LogP contribution in [0.4, 0.5) is 5.69 Å². The highest BCUT2D eigenvalue weighted by Gasteiger charge is 2.21. The molecular formula is C16H22N4O3. The van der Waals surface area contributed by atoms with E-state index >= 15 is 0 Å². The average Bonchev–Trinajstić information content (AvgIpc) is 2.95. The summed E-state index contributed by atoms with van der Waals surface area (Å²) in [5, 5.41) is 10.0. The van der Waals surface area contributed by atoms with Crippen molar-refractivity contribution in [1.82, 2.24) is 15.1 Å². The first-order chi connectivity index (χ1) is 11.0. The Morgan fingerprint density at radius 1 is 1.26 bits per heavy atom. The van der Waals surface area contributed by atoms with E-state index in [1.807, 2.05) is 26.2 Å². The zero-order valence-corrected chi connectivity index (χ0v) is 14.0. The molecule has 0 bridgehead atoms. The van der Waals surface area contributed by atoms with Crippen LogP contribution in [0.1, 0.15) is 17.2 Å². The van der Waals surface area contributed by atoms with Crippen molar-refractivity contribution in [3.05, 3.63) is 35.7 Å². The zero-order chi connectivity index (χ0) is 17.0. The number of amides is 1. The molecule has 0 aliphatic rings. The number of aromatic nitrogens is 2. The van der Waals surface area contributed by atoms with Crippen molar-refractivity contribution in [2.75, 3.05) is 26.6 Å². The standard InChI is InChI=1S/C16H22N4O3/c1-10-6-13(22-4)14(23-5)7-12(10)19-16(21)15(17-2)11-8-18-20(3)9-11/h6-9,15,17H,1-5H3,(H,19,21). The smallest absolute Gasteiger partial charge is 0.246 e. The van der Waals surface area contributed by atoms with E-state index in [0.29, 0.717) is 17.2 Å². The van der Waals surface area contributed by atoms with Crippen LogP contribution in [0.15, 0.2) is 24.5 Å². The number of nitrogens with one attached hydrogen (secondary N) is 2. The van der Waals surface area contributed by atoms with Gasteiger partial charge in [0.05, 0.1) is 20.4 Å². The van der Waals surface area contributed by atoms with E-state index in [9.17, 15) is 4.79 Å². The van der Waals surface area contributed by atoms with Crippen LogP contribution < -0.4 is 20.1 Å². The molecule has 2 rings (SSSR count). The van der Waals surface area contributed by atoms with Crippen molar-refractivity contribution in [2.45, 2.75) is 13.0 Å². The third-order valence-corrected chi connectivity index (χ3v) is 3.60. The van der Waals surface area contributed by atoms with Gasteiger partial charge in [0.1, 0.15) is 6.04 Å². The number of likely N-dealkylation sites (N-methyl/N-ethyl adjacent to an activating group) is 1. The normalized spacial score (nSPS) is 11.9. The van der Waals surface area contributed by atoms with E-state index in [1.54, 1.807) is 38.2 Å². The molecule has 124 valence electrons. The van der Waals surface area contributed by atoms with Gasteiger partial charge in [0, 0.05) is 30.6 Å². The lowest BCUT2D eigenvalue weighted by Crippen LogP contribution is -2.30. The maximum atomic E-state index is 12.6. The highest BCUT2D eigenvalue weighted by Crippen LogP contribution is 2.33. The highest BCUT2D eigenvalue weighted by molar-refractivity contribution is 5.96. The van der Waals surface area contributed by atoms with Gasteiger partial charge >= 0.3 is 0 Å². The van der Waals surface area contributed by atoms with Crippen LogP contribution in [0.5, 0.6) is 11.5 Å². The molecule has 1 unspecified atom stereocenters. The molecule has 0 saturated heterocycles. The Morgan fingerprint density at radius 3 is 2.43 bits per heavy atom. The summed E-state index contributed by atoms with van der Waals surface area (Å²) >= 11 is 0. The lowest BCUT2D eigenvalue weighted by atomic mass is 10.1. The Balaban J connectivity index is 2.25. The summed E-state index contributed by atoms with van der Waals surface area (Å²) < 4.78 is 12.2. The molecule has 23 heavy (non-hydrogen) atoms. The van der Waals surface area contributed by atoms with Crippen LogP contribution in [-0.4, -0.2) is 37.0 Å². The number of ether oxygens (including phenoxy) is 2. The first-order valence-electron chi connectivity index (χ1n) is 7.19. The Bertz CT molecular complexity index is 697. The number of benzene rings is 1. The highest BCUT2D eigenvalue weighted by atomic mass is 16.5. The van der Waals surface area contributed by atoms with Gasteiger partial charge in [-0.15, -0.1) is 0 Å². The average molecular weight is 318 g/mol. The summed E-state index contributed by atoms with van der Waals surface area (Å²) in [5.41, 5.74) is 2.36. The third kappa shape index (κ3) is 3.62. The number of hydrogen-bond donors (Lipinski definition) is 2. The first kappa shape index (κ1) is 16.8. The number of hydrogen-bond acceptors (Lipinski definition) is 5. The van der Waals surface area contributed by atoms with E-state index in [-0.39, 0.29) is 5.91 Å². The summed E-state index contributed by atoms with van der Waals surface area (Å²) in [4.78, 5) is 12.6. The monoisotopic (exact) mass is 318 g/mol. The molecule has 0 radical (unpaired) electrons. The van der Waals surface area contributed by atoms with Crippen LogP contribution in [0.25, 0.3) is 0 Å². The van der Waals surface area contributed by atoms with E-state index in [0.717, 1.165) is 11.1 Å². The second kappa shape index (κ2) is 7.15. The summed E-state index contributed by atoms with van der Waals surface area (Å²) in [6.45, 7) is 1.90. The van der Waals surface area contributed by atoms with Gasteiger partial charge in [-0.2, -0.15) is 5.10 Å². The van der Waals surface area contributed by atoms with Gasteiger partial charge < -0.3 is 20.1 Å². The molecule has 7 nitrogen and oxygen atoms in total. The third-order valence-electron chi connectivity index (χ3n) is 3.60. The summed E-state index contributed by atoms with van der Waals surface area (Å²) in [7, 11) is 6.69. The van der Waals surface area contributed by atoms with Crippen molar-refractivity contribution in [1.29, 1.82) is 0 Å². The lowest BCUT2D eigenvalue weighted by molar-refractivity contribution is -0.118. The van der Waals surface area contributed by atoms with Gasteiger partial charge in [0.25, 0.3) is 0 Å². The number of carbonyl (C=O) groups excluding carboxylic acids is 1. The van der Waals surface area contributed by atoms with Crippen LogP contribution >= 0.6 is 0 Å². The molecule has 0 fully saturated rings. The molecule has 1 amide bonds. The Labute approximate surface area is 135 Å². The lowest BCUT2D eigenvalue weighted by Gasteiger charge is -2.17. The van der Waals surface area contributed by atoms with Gasteiger partial charge in [0.2, 0.25) is 5.91 Å². The number of nitrogens with zero attached hydrogens (tertiary/aromatic N) is 2. The van der Waals surface area contributed by atoms with E-state index in [2.05, 4.69) is 15.7 Å². The first-order valence-corrected chi connectivity index (χ1v) is 7.19. The van der Waals surface area contributed by atoms with E-state index in [1.165, 1.54) is 0 Å². The van der Waals surface area contributed by atoms with Crippen molar-refractivity contribution in [3.8, 4) is 11.5 Å². The van der Waals surface area contributed by atoms with Crippen molar-refractivity contribution in [3.63, 3.8) is 0 Å². The zero-order valence-electron chi connectivity index (χ0n) is 14.0. The minimum Gasteiger partial charge on any atom is -0.493 e. The number of methoxy groups -OCH3 is 2. The minimum atomic E-state index is -0.490. The van der Waals surface area contributed by atoms with Crippen LogP contribution in [0.3, 0.4) is 0 Å². The van der Waals surface area contributed by atoms with Crippen molar-refractivity contribution in [2.24, 2.45) is 7.05 Å². The summed E-state index contributed by atoms with van der Waals surface area (Å²) in [6, 6.07) is 3.09. The fourth-order valence-corrected chi connectivity index (χ4v) is 2.36. The molecule has 1 atom stereocenters. The predicted molar refractivity (Wildman–Crippen MR) is 87.9 cm³/mol. The fourth-order valence-electron chi connectivity index (χ4n) is 2.36. The van der Waals surface area contributed by atoms with Gasteiger partial charge in [-0.1, -0.05) is 0 Å². The Morgan fingerprint density at radius 2 is 1.91 bits per heavy atom. The summed E-state index contributed by atoms with van der Waals surface area (Å²) in [6.07, 6.45) is 3.48. The number of anilines is 1. The molecule has 1 aromatic heterocycles. The molecule has 2 aromatic rings. The number of rotatable bonds is 6. The SMILES string of the molecule is CNC(C(=O)Nc1cc(OC)c(OC)cc1C)c1cnn(C)c1. The second-order valence-electron chi connectivity index (χ2n) is 5.18. The largest absolute Gasteiger partial charge is 0.493 e. The Kier molecular flexibility index (Phi) is 5.23. The maximum absolute atomic E-state index is 12.6. The molecule has 0 spiro atoms. The van der Waals surface area contributed by atoms with Gasteiger partial charge in [0.15, 0.2) is 11.5 Å². The number of aryl methyl sites for hydroxylation is 2. The Hall–Kier alpha value is -2.54. The van der Waals surface area contributed by atoms with Gasteiger partial charge in [-0.25, -0.2) is 0 Å². The minimum absolute atomic E-state index is 0.171. The quantitative estimate of drug-likeness (QED) is 0.847. The molecule has 1 aromatic carbocycles. The van der Waals surface area contributed by atoms with Gasteiger partial charge in [-0.3, -0.25) is 9.48 Å². The molecule has 2 N–H and O–H groups in total. The molecule has 0 saturated carbocycles. The maximum Gasteiger partial charge on any atom is 0.246 e. The van der Waals surface area contributed by atoms with Crippen LogP contribution in [0, 0.1) is 6.92 Å². The van der Waals surface area contributed by atoms with Gasteiger partial charge in [-0.05, 0) is 25.6 Å². The number of carbonyl (C=O) groups is 1. The van der Waals surface area contributed by atoms with Crippen molar-refractivity contribution < 1.29 is 14.3 Å². The summed E-state index contributed by atoms with van der Waals surface area (Å²) in [5.74, 6) is 1.02. The molecule has 1 heterocycles. The molecule has 7 heteroatoms. The fraction of sp³-hybridized carbons (Fsp3) is 0.375. The van der Waals surface area contributed by atoms with Crippen LogP contribution in [-0.2, 0) is 11.8 Å². The molecular weight excluding hydrogens is 296 g/mol. The predicted octanol–water partition coefficient (Wildman–Crippen LogP) is 1.64.